The Balaban J connectivity index is 0.00000243. The van der Waals surface area contributed by atoms with E-state index in [1.54, 1.807) is 13.2 Å². The molecule has 2 N–H and O–H groups in total. The van der Waals surface area contributed by atoms with Crippen LogP contribution in [0, 0.1) is 0 Å². The molecule has 0 amide bonds. The maximum atomic E-state index is 5.76. The number of ether oxygens (including phenoxy) is 1. The van der Waals surface area contributed by atoms with Crippen LogP contribution in [0.4, 0.5) is 0 Å². The van der Waals surface area contributed by atoms with Crippen molar-refractivity contribution in [1.82, 2.24) is 15.6 Å². The van der Waals surface area contributed by atoms with Gasteiger partial charge in [-0.15, -0.1) is 24.0 Å². The highest BCUT2D eigenvalue weighted by atomic mass is 127. The summed E-state index contributed by atoms with van der Waals surface area (Å²) in [6.07, 6.45) is 8.30. The number of halogens is 1. The molecule has 0 bridgehead atoms. The summed E-state index contributed by atoms with van der Waals surface area (Å²) in [6, 6.07) is 14.4. The van der Waals surface area contributed by atoms with Crippen molar-refractivity contribution in [3.05, 3.63) is 72.1 Å². The SMILES string of the molecule is CN=C(NCc1ccc(OCc2ccccn2)cc1)NC1CC=CC1.I. The van der Waals surface area contributed by atoms with Gasteiger partial charge in [0.05, 0.1) is 5.69 Å². The van der Waals surface area contributed by atoms with E-state index < -0.39 is 0 Å². The lowest BCUT2D eigenvalue weighted by atomic mass is 10.2. The molecule has 0 saturated heterocycles. The number of aliphatic imine (C=N–C) groups is 1. The van der Waals surface area contributed by atoms with E-state index >= 15 is 0 Å². The Morgan fingerprint density at radius 1 is 1.15 bits per heavy atom. The fraction of sp³-hybridized carbons (Fsp3) is 0.300. The van der Waals surface area contributed by atoms with Crippen molar-refractivity contribution in [2.75, 3.05) is 7.05 Å². The van der Waals surface area contributed by atoms with Crippen molar-refractivity contribution in [2.45, 2.75) is 32.0 Å². The number of benzene rings is 1. The summed E-state index contributed by atoms with van der Waals surface area (Å²) >= 11 is 0. The van der Waals surface area contributed by atoms with Gasteiger partial charge in [-0.05, 0) is 42.7 Å². The highest BCUT2D eigenvalue weighted by Gasteiger charge is 2.11. The van der Waals surface area contributed by atoms with Gasteiger partial charge in [-0.1, -0.05) is 30.4 Å². The number of hydrogen-bond acceptors (Lipinski definition) is 3. The predicted molar refractivity (Wildman–Crippen MR) is 116 cm³/mol. The molecule has 0 radical (unpaired) electrons. The third-order valence-electron chi connectivity index (χ3n) is 4.07. The maximum absolute atomic E-state index is 5.76. The van der Waals surface area contributed by atoms with Crippen LogP contribution in [0.1, 0.15) is 24.1 Å². The van der Waals surface area contributed by atoms with Crippen molar-refractivity contribution in [3.63, 3.8) is 0 Å². The second-order valence-corrected chi connectivity index (χ2v) is 5.96. The topological polar surface area (TPSA) is 58.5 Å². The smallest absolute Gasteiger partial charge is 0.191 e. The normalized spacial score (nSPS) is 14.0. The van der Waals surface area contributed by atoms with Crippen LogP contribution < -0.4 is 15.4 Å². The van der Waals surface area contributed by atoms with Gasteiger partial charge >= 0.3 is 0 Å². The zero-order valence-corrected chi connectivity index (χ0v) is 17.2. The van der Waals surface area contributed by atoms with Crippen LogP contribution in [0.15, 0.2) is 65.8 Å². The van der Waals surface area contributed by atoms with E-state index in [9.17, 15) is 0 Å². The van der Waals surface area contributed by atoms with Gasteiger partial charge in [-0.3, -0.25) is 9.98 Å². The summed E-state index contributed by atoms with van der Waals surface area (Å²) in [5, 5.41) is 6.78. The fourth-order valence-corrected chi connectivity index (χ4v) is 2.65. The molecule has 26 heavy (non-hydrogen) atoms. The van der Waals surface area contributed by atoms with Gasteiger partial charge in [0.2, 0.25) is 0 Å². The van der Waals surface area contributed by atoms with Gasteiger partial charge in [-0.2, -0.15) is 0 Å². The largest absolute Gasteiger partial charge is 0.487 e. The first-order chi connectivity index (χ1) is 12.3. The monoisotopic (exact) mass is 464 g/mol. The molecule has 6 heteroatoms. The van der Waals surface area contributed by atoms with Crippen LogP contribution in [-0.4, -0.2) is 24.0 Å². The first kappa shape index (κ1) is 20.2. The van der Waals surface area contributed by atoms with Crippen molar-refractivity contribution < 1.29 is 4.74 Å². The molecule has 0 spiro atoms. The summed E-state index contributed by atoms with van der Waals surface area (Å²) in [4.78, 5) is 8.53. The molecule has 1 aromatic carbocycles. The van der Waals surface area contributed by atoms with Gasteiger partial charge < -0.3 is 15.4 Å². The summed E-state index contributed by atoms with van der Waals surface area (Å²) in [5.41, 5.74) is 2.10. The quantitative estimate of drug-likeness (QED) is 0.297. The highest BCUT2D eigenvalue weighted by Crippen LogP contribution is 2.14. The molecule has 5 nitrogen and oxygen atoms in total. The molecule has 138 valence electrons. The average molecular weight is 464 g/mol. The Morgan fingerprint density at radius 3 is 2.58 bits per heavy atom. The van der Waals surface area contributed by atoms with E-state index in [2.05, 4.69) is 44.9 Å². The van der Waals surface area contributed by atoms with Crippen molar-refractivity contribution in [1.29, 1.82) is 0 Å². The first-order valence-corrected chi connectivity index (χ1v) is 8.57. The van der Waals surface area contributed by atoms with Crippen LogP contribution in [0.5, 0.6) is 5.75 Å². The molecule has 0 saturated carbocycles. The molecule has 0 fully saturated rings. The van der Waals surface area contributed by atoms with Gasteiger partial charge in [0.15, 0.2) is 5.96 Å². The predicted octanol–water partition coefficient (Wildman–Crippen LogP) is 3.66. The van der Waals surface area contributed by atoms with Gasteiger partial charge in [-0.25, -0.2) is 0 Å². The standard InChI is InChI=1S/C20H24N4O.HI/c1-21-20(24-17-6-2-3-7-17)23-14-16-9-11-19(12-10-16)25-15-18-8-4-5-13-22-18;/h2-5,8-13,17H,6-7,14-15H2,1H3,(H2,21,23,24);1H. The van der Waals surface area contributed by atoms with Gasteiger partial charge in [0.1, 0.15) is 12.4 Å². The number of nitrogens with one attached hydrogen (secondary N) is 2. The molecule has 3 rings (SSSR count). The number of pyridine rings is 1. The molecule has 1 aliphatic carbocycles. The highest BCUT2D eigenvalue weighted by molar-refractivity contribution is 14.0. The lowest BCUT2D eigenvalue weighted by Crippen LogP contribution is -2.42. The molecular formula is C20H25IN4O. The summed E-state index contributed by atoms with van der Waals surface area (Å²) in [5.74, 6) is 1.68. The summed E-state index contributed by atoms with van der Waals surface area (Å²) in [7, 11) is 1.80. The molecule has 2 aromatic rings. The Morgan fingerprint density at radius 2 is 1.92 bits per heavy atom. The Bertz CT molecular complexity index is 708. The molecule has 0 atom stereocenters. The lowest BCUT2D eigenvalue weighted by Gasteiger charge is -2.17. The van der Waals surface area contributed by atoms with Crippen LogP contribution in [-0.2, 0) is 13.2 Å². The van der Waals surface area contributed by atoms with Crippen LogP contribution in [0.2, 0.25) is 0 Å². The minimum atomic E-state index is 0. The zero-order valence-electron chi connectivity index (χ0n) is 14.9. The maximum Gasteiger partial charge on any atom is 0.191 e. The van der Waals surface area contributed by atoms with E-state index in [0.717, 1.165) is 36.8 Å². The van der Waals surface area contributed by atoms with Crippen LogP contribution in [0.25, 0.3) is 0 Å². The zero-order chi connectivity index (χ0) is 17.3. The minimum absolute atomic E-state index is 0. The van der Waals surface area contributed by atoms with E-state index in [-0.39, 0.29) is 24.0 Å². The fourth-order valence-electron chi connectivity index (χ4n) is 2.65. The Labute approximate surface area is 172 Å². The second kappa shape index (κ2) is 10.8. The second-order valence-electron chi connectivity index (χ2n) is 5.96. The van der Waals surface area contributed by atoms with Gasteiger partial charge in [0, 0.05) is 25.8 Å². The van der Waals surface area contributed by atoms with Crippen molar-refractivity contribution >= 4 is 29.9 Å². The van der Waals surface area contributed by atoms with E-state index in [0.29, 0.717) is 12.6 Å². The van der Waals surface area contributed by atoms with Gasteiger partial charge in [0.25, 0.3) is 0 Å². The van der Waals surface area contributed by atoms with E-state index in [4.69, 9.17) is 4.74 Å². The molecule has 1 heterocycles. The van der Waals surface area contributed by atoms with Crippen molar-refractivity contribution in [2.24, 2.45) is 4.99 Å². The van der Waals surface area contributed by atoms with E-state index in [1.807, 2.05) is 30.3 Å². The summed E-state index contributed by atoms with van der Waals surface area (Å²) < 4.78 is 5.76. The average Bonchev–Trinajstić information content (AvgIpc) is 3.18. The number of aromatic nitrogens is 1. The number of hydrogen-bond donors (Lipinski definition) is 2. The number of rotatable bonds is 6. The van der Waals surface area contributed by atoms with Crippen LogP contribution in [0.3, 0.4) is 0 Å². The number of guanidine groups is 1. The first-order valence-electron chi connectivity index (χ1n) is 8.57. The summed E-state index contributed by atoms with van der Waals surface area (Å²) in [6.45, 7) is 1.20. The minimum Gasteiger partial charge on any atom is -0.487 e. The van der Waals surface area contributed by atoms with E-state index in [1.165, 1.54) is 5.56 Å². The lowest BCUT2D eigenvalue weighted by molar-refractivity contribution is 0.301. The molecule has 0 aliphatic heterocycles. The van der Waals surface area contributed by atoms with Crippen molar-refractivity contribution in [3.8, 4) is 5.75 Å². The Hall–Kier alpha value is -2.09. The number of nitrogens with zero attached hydrogens (tertiary/aromatic N) is 2. The molecule has 1 aromatic heterocycles. The van der Waals surface area contributed by atoms with Crippen LogP contribution >= 0.6 is 24.0 Å². The third kappa shape index (κ3) is 6.33. The third-order valence-corrected chi connectivity index (χ3v) is 4.07. The molecule has 0 unspecified atom stereocenters. The molecular weight excluding hydrogens is 439 g/mol. The molecule has 1 aliphatic rings. The Kier molecular flexibility index (Phi) is 8.40.